The summed E-state index contributed by atoms with van der Waals surface area (Å²) >= 11 is 5.00. The summed E-state index contributed by atoms with van der Waals surface area (Å²) in [6, 6.07) is 13.0. The third-order valence-electron chi connectivity index (χ3n) is 2.71. The average molecular weight is 318 g/mol. The molecule has 0 aromatic heterocycles. The van der Waals surface area contributed by atoms with Crippen LogP contribution in [0, 0.1) is 12.7 Å². The Morgan fingerprint density at radius 2 is 1.95 bits per heavy atom. The van der Waals surface area contributed by atoms with Crippen molar-refractivity contribution in [3.05, 3.63) is 59.9 Å². The van der Waals surface area contributed by atoms with Crippen molar-refractivity contribution in [2.75, 3.05) is 11.9 Å². The minimum absolute atomic E-state index is 0.129. The topological polar surface area (TPSA) is 50.4 Å². The second-order valence-corrected chi connectivity index (χ2v) is 5.02. The SMILES string of the molecule is Cc1cccc(OCC(=O)NC(=S)Nc2ccc(F)cc2)c1. The molecule has 0 radical (unpaired) electrons. The molecule has 22 heavy (non-hydrogen) atoms. The molecule has 2 aromatic carbocycles. The van der Waals surface area contributed by atoms with Gasteiger partial charge in [-0.15, -0.1) is 0 Å². The highest BCUT2D eigenvalue weighted by molar-refractivity contribution is 7.80. The molecule has 0 aliphatic carbocycles. The van der Waals surface area contributed by atoms with Crippen molar-refractivity contribution in [1.29, 1.82) is 0 Å². The maximum atomic E-state index is 12.8. The van der Waals surface area contributed by atoms with Crippen LogP contribution in [-0.4, -0.2) is 17.6 Å². The standard InChI is InChI=1S/C16H15FN2O2S/c1-11-3-2-4-14(9-11)21-10-15(20)19-16(22)18-13-7-5-12(17)6-8-13/h2-9H,10H2,1H3,(H2,18,19,20,22). The lowest BCUT2D eigenvalue weighted by molar-refractivity contribution is -0.121. The molecule has 6 heteroatoms. The first-order chi connectivity index (χ1) is 10.5. The van der Waals surface area contributed by atoms with E-state index in [1.165, 1.54) is 24.3 Å². The second-order valence-electron chi connectivity index (χ2n) is 4.61. The lowest BCUT2D eigenvalue weighted by Crippen LogP contribution is -2.37. The normalized spacial score (nSPS) is 9.91. The van der Waals surface area contributed by atoms with Gasteiger partial charge in [0.25, 0.3) is 5.91 Å². The van der Waals surface area contributed by atoms with Crippen molar-refractivity contribution >= 4 is 28.9 Å². The van der Waals surface area contributed by atoms with Gasteiger partial charge >= 0.3 is 0 Å². The van der Waals surface area contributed by atoms with Crippen molar-refractivity contribution in [3.63, 3.8) is 0 Å². The van der Waals surface area contributed by atoms with Gasteiger partial charge in [0, 0.05) is 5.69 Å². The van der Waals surface area contributed by atoms with E-state index in [4.69, 9.17) is 17.0 Å². The zero-order chi connectivity index (χ0) is 15.9. The van der Waals surface area contributed by atoms with E-state index in [2.05, 4.69) is 10.6 Å². The molecule has 4 nitrogen and oxygen atoms in total. The summed E-state index contributed by atoms with van der Waals surface area (Å²) in [5.41, 5.74) is 1.64. The van der Waals surface area contributed by atoms with Gasteiger partial charge in [-0.25, -0.2) is 4.39 Å². The van der Waals surface area contributed by atoms with Crippen LogP contribution in [0.4, 0.5) is 10.1 Å². The number of carbonyl (C=O) groups excluding carboxylic acids is 1. The first-order valence-electron chi connectivity index (χ1n) is 6.59. The minimum atomic E-state index is -0.374. The predicted molar refractivity (Wildman–Crippen MR) is 87.4 cm³/mol. The molecule has 2 aromatic rings. The number of nitrogens with one attached hydrogen (secondary N) is 2. The Morgan fingerprint density at radius 1 is 1.23 bits per heavy atom. The number of hydrogen-bond donors (Lipinski definition) is 2. The summed E-state index contributed by atoms with van der Waals surface area (Å²) < 4.78 is 18.1. The van der Waals surface area contributed by atoms with E-state index in [0.717, 1.165) is 5.56 Å². The minimum Gasteiger partial charge on any atom is -0.484 e. The Labute approximate surface area is 133 Å². The Bertz CT molecular complexity index is 674. The van der Waals surface area contributed by atoms with E-state index in [1.807, 2.05) is 25.1 Å². The lowest BCUT2D eigenvalue weighted by atomic mass is 10.2. The molecule has 2 N–H and O–H groups in total. The van der Waals surface area contributed by atoms with E-state index in [1.54, 1.807) is 6.07 Å². The van der Waals surface area contributed by atoms with Crippen LogP contribution in [0.2, 0.25) is 0 Å². The van der Waals surface area contributed by atoms with Crippen molar-refractivity contribution < 1.29 is 13.9 Å². The molecule has 0 heterocycles. The first kappa shape index (κ1) is 15.9. The number of amides is 1. The van der Waals surface area contributed by atoms with Crippen LogP contribution in [0.15, 0.2) is 48.5 Å². The number of anilines is 1. The van der Waals surface area contributed by atoms with Gasteiger partial charge < -0.3 is 10.1 Å². The molecule has 0 atom stereocenters. The van der Waals surface area contributed by atoms with E-state index in [0.29, 0.717) is 11.4 Å². The smallest absolute Gasteiger partial charge is 0.264 e. The maximum absolute atomic E-state index is 12.8. The molecule has 0 saturated heterocycles. The van der Waals surface area contributed by atoms with Gasteiger partial charge in [0.1, 0.15) is 11.6 Å². The molecular formula is C16H15FN2O2S. The maximum Gasteiger partial charge on any atom is 0.264 e. The zero-order valence-corrected chi connectivity index (χ0v) is 12.7. The van der Waals surface area contributed by atoms with Crippen molar-refractivity contribution in [2.24, 2.45) is 0 Å². The fourth-order valence-electron chi connectivity index (χ4n) is 1.71. The molecule has 1 amide bonds. The zero-order valence-electron chi connectivity index (χ0n) is 11.9. The van der Waals surface area contributed by atoms with Gasteiger partial charge in [-0.2, -0.15) is 0 Å². The number of ether oxygens (including phenoxy) is 1. The molecule has 0 fully saturated rings. The molecule has 114 valence electrons. The number of thiocarbonyl (C=S) groups is 1. The number of halogens is 1. The number of rotatable bonds is 4. The van der Waals surface area contributed by atoms with Gasteiger partial charge in [0.05, 0.1) is 0 Å². The second kappa shape index (κ2) is 7.51. The van der Waals surface area contributed by atoms with E-state index >= 15 is 0 Å². The predicted octanol–water partition coefficient (Wildman–Crippen LogP) is 3.03. The summed E-state index contributed by atoms with van der Waals surface area (Å²) in [5, 5.41) is 5.40. The Hall–Kier alpha value is -2.47. The fourth-order valence-corrected chi connectivity index (χ4v) is 1.94. The van der Waals surface area contributed by atoms with Crippen LogP contribution in [0.3, 0.4) is 0 Å². The van der Waals surface area contributed by atoms with Crippen LogP contribution in [0.5, 0.6) is 5.75 Å². The summed E-state index contributed by atoms with van der Waals surface area (Å²) in [5.74, 6) is -0.0965. The average Bonchev–Trinajstić information content (AvgIpc) is 2.47. The number of hydrogen-bond acceptors (Lipinski definition) is 3. The summed E-state index contributed by atoms with van der Waals surface area (Å²) in [4.78, 5) is 11.7. The molecule has 0 spiro atoms. The molecular weight excluding hydrogens is 303 g/mol. The number of benzene rings is 2. The van der Waals surface area contributed by atoms with E-state index < -0.39 is 0 Å². The van der Waals surface area contributed by atoms with E-state index in [-0.39, 0.29) is 23.4 Å². The van der Waals surface area contributed by atoms with Crippen LogP contribution in [0.25, 0.3) is 0 Å². The third-order valence-corrected chi connectivity index (χ3v) is 2.92. The molecule has 0 unspecified atom stereocenters. The van der Waals surface area contributed by atoms with Crippen molar-refractivity contribution in [1.82, 2.24) is 5.32 Å². The van der Waals surface area contributed by atoms with Gasteiger partial charge in [-0.05, 0) is 61.1 Å². The first-order valence-corrected chi connectivity index (χ1v) is 6.99. The molecule has 0 bridgehead atoms. The Morgan fingerprint density at radius 3 is 2.64 bits per heavy atom. The largest absolute Gasteiger partial charge is 0.484 e. The summed E-state index contributed by atoms with van der Waals surface area (Å²) in [6.45, 7) is 1.80. The van der Waals surface area contributed by atoms with Gasteiger partial charge in [-0.3, -0.25) is 10.1 Å². The Kier molecular flexibility index (Phi) is 5.43. The van der Waals surface area contributed by atoms with Crippen molar-refractivity contribution in [2.45, 2.75) is 6.92 Å². The molecule has 0 aliphatic heterocycles. The molecule has 0 aliphatic rings. The molecule has 0 saturated carbocycles. The van der Waals surface area contributed by atoms with Crippen LogP contribution < -0.4 is 15.4 Å². The molecule has 2 rings (SSSR count). The van der Waals surface area contributed by atoms with Gasteiger partial charge in [0.2, 0.25) is 0 Å². The summed E-state index contributed by atoms with van der Waals surface area (Å²) in [7, 11) is 0. The quantitative estimate of drug-likeness (QED) is 0.851. The number of aryl methyl sites for hydroxylation is 1. The lowest BCUT2D eigenvalue weighted by Gasteiger charge is -2.10. The van der Waals surface area contributed by atoms with Gasteiger partial charge in [-0.1, -0.05) is 12.1 Å². The van der Waals surface area contributed by atoms with Crippen LogP contribution in [-0.2, 0) is 4.79 Å². The van der Waals surface area contributed by atoms with Gasteiger partial charge in [0.15, 0.2) is 11.7 Å². The van der Waals surface area contributed by atoms with Crippen molar-refractivity contribution in [3.8, 4) is 5.75 Å². The van der Waals surface area contributed by atoms with E-state index in [9.17, 15) is 9.18 Å². The monoisotopic (exact) mass is 318 g/mol. The van der Waals surface area contributed by atoms with Crippen LogP contribution >= 0.6 is 12.2 Å². The highest BCUT2D eigenvalue weighted by Crippen LogP contribution is 2.12. The Balaban J connectivity index is 1.79. The highest BCUT2D eigenvalue weighted by Gasteiger charge is 2.06. The third kappa shape index (κ3) is 5.14. The highest BCUT2D eigenvalue weighted by atomic mass is 32.1. The van der Waals surface area contributed by atoms with Crippen LogP contribution in [0.1, 0.15) is 5.56 Å². The summed E-state index contributed by atoms with van der Waals surface area (Å²) in [6.07, 6.45) is 0. The fraction of sp³-hybridized carbons (Fsp3) is 0.125. The number of carbonyl (C=O) groups is 1.